The Morgan fingerprint density at radius 1 is 1.35 bits per heavy atom. The van der Waals surface area contributed by atoms with Crippen LogP contribution in [0.1, 0.15) is 53.4 Å². The van der Waals surface area contributed by atoms with Crippen molar-refractivity contribution in [3.05, 3.63) is 0 Å². The second-order valence-electron chi connectivity index (χ2n) is 5.79. The molecule has 0 aromatic carbocycles. The quantitative estimate of drug-likeness (QED) is 0.749. The minimum Gasteiger partial charge on any atom is -0.340 e. The molecule has 17 heavy (non-hydrogen) atoms. The van der Waals surface area contributed by atoms with Gasteiger partial charge in [0.2, 0.25) is 5.91 Å². The molecule has 0 aromatic rings. The fourth-order valence-electron chi connectivity index (χ4n) is 2.41. The van der Waals surface area contributed by atoms with E-state index in [1.807, 2.05) is 0 Å². The molecular weight excluding hydrogens is 212 g/mol. The molecule has 1 heterocycles. The molecule has 0 radical (unpaired) electrons. The Kier molecular flexibility index (Phi) is 5.96. The molecule has 1 saturated heterocycles. The minimum atomic E-state index is 0.342. The van der Waals surface area contributed by atoms with Crippen LogP contribution >= 0.6 is 0 Å². The Morgan fingerprint density at radius 2 is 2.06 bits per heavy atom. The first-order valence-corrected chi connectivity index (χ1v) is 7.03. The highest BCUT2D eigenvalue weighted by Gasteiger charge is 2.26. The number of likely N-dealkylation sites (tertiary alicyclic amines) is 1. The van der Waals surface area contributed by atoms with Crippen molar-refractivity contribution in [1.29, 1.82) is 0 Å². The maximum atomic E-state index is 12.1. The standard InChI is InChI=1S/C14H28N2O/c1-11(2)15-9-5-6-14(17)16-10-12(3)7-8-13(16)4/h11-13,15H,5-10H2,1-4H3. The largest absolute Gasteiger partial charge is 0.340 e. The predicted molar refractivity (Wildman–Crippen MR) is 71.9 cm³/mol. The zero-order valence-corrected chi connectivity index (χ0v) is 11.8. The number of hydrogen-bond acceptors (Lipinski definition) is 2. The van der Waals surface area contributed by atoms with Crippen LogP contribution in [0, 0.1) is 5.92 Å². The summed E-state index contributed by atoms with van der Waals surface area (Å²) in [5.41, 5.74) is 0. The Morgan fingerprint density at radius 3 is 2.71 bits per heavy atom. The predicted octanol–water partition coefficient (Wildman–Crippen LogP) is 2.41. The number of carbonyl (C=O) groups excluding carboxylic acids is 1. The van der Waals surface area contributed by atoms with Gasteiger partial charge in [-0.25, -0.2) is 0 Å². The van der Waals surface area contributed by atoms with E-state index >= 15 is 0 Å². The molecule has 3 heteroatoms. The highest BCUT2D eigenvalue weighted by molar-refractivity contribution is 5.76. The number of nitrogens with zero attached hydrogens (tertiary/aromatic N) is 1. The molecule has 0 bridgehead atoms. The zero-order chi connectivity index (χ0) is 12.8. The molecule has 2 unspecified atom stereocenters. The third kappa shape index (κ3) is 5.07. The van der Waals surface area contributed by atoms with Gasteiger partial charge in [-0.05, 0) is 38.6 Å². The van der Waals surface area contributed by atoms with Crippen molar-refractivity contribution >= 4 is 5.91 Å². The molecule has 1 fully saturated rings. The minimum absolute atomic E-state index is 0.342. The number of amides is 1. The Labute approximate surface area is 106 Å². The van der Waals surface area contributed by atoms with E-state index in [1.54, 1.807) is 0 Å². The summed E-state index contributed by atoms with van der Waals surface area (Å²) in [5, 5.41) is 3.35. The Hall–Kier alpha value is -0.570. The van der Waals surface area contributed by atoms with Crippen LogP contribution in [0.3, 0.4) is 0 Å². The number of piperidine rings is 1. The number of rotatable bonds is 5. The molecule has 0 aliphatic carbocycles. The van der Waals surface area contributed by atoms with Gasteiger partial charge >= 0.3 is 0 Å². The second-order valence-corrected chi connectivity index (χ2v) is 5.79. The van der Waals surface area contributed by atoms with Crippen molar-refractivity contribution in [2.45, 2.75) is 65.5 Å². The molecule has 1 amide bonds. The molecule has 2 atom stereocenters. The average Bonchev–Trinajstić information content (AvgIpc) is 2.27. The lowest BCUT2D eigenvalue weighted by Crippen LogP contribution is -2.45. The molecule has 100 valence electrons. The normalized spacial score (nSPS) is 25.4. The third-order valence-corrected chi connectivity index (χ3v) is 3.56. The average molecular weight is 240 g/mol. The number of nitrogens with one attached hydrogen (secondary N) is 1. The monoisotopic (exact) mass is 240 g/mol. The summed E-state index contributed by atoms with van der Waals surface area (Å²) in [6, 6.07) is 0.954. The molecule has 1 rings (SSSR count). The van der Waals surface area contributed by atoms with Crippen molar-refractivity contribution < 1.29 is 4.79 Å². The molecule has 0 spiro atoms. The topological polar surface area (TPSA) is 32.3 Å². The summed E-state index contributed by atoms with van der Waals surface area (Å²) in [6.07, 6.45) is 4.07. The van der Waals surface area contributed by atoms with Gasteiger partial charge in [0.1, 0.15) is 0 Å². The van der Waals surface area contributed by atoms with Crippen LogP contribution in [0.15, 0.2) is 0 Å². The van der Waals surface area contributed by atoms with Crippen LogP contribution in [-0.2, 0) is 4.79 Å². The fourth-order valence-corrected chi connectivity index (χ4v) is 2.41. The van der Waals surface area contributed by atoms with Gasteiger partial charge in [0.05, 0.1) is 0 Å². The maximum Gasteiger partial charge on any atom is 0.222 e. The van der Waals surface area contributed by atoms with Gasteiger partial charge in [-0.3, -0.25) is 4.79 Å². The molecule has 1 N–H and O–H groups in total. The van der Waals surface area contributed by atoms with E-state index in [1.165, 1.54) is 6.42 Å². The van der Waals surface area contributed by atoms with Gasteiger partial charge in [-0.15, -0.1) is 0 Å². The lowest BCUT2D eigenvalue weighted by molar-refractivity contribution is -0.135. The summed E-state index contributed by atoms with van der Waals surface area (Å²) < 4.78 is 0. The summed E-state index contributed by atoms with van der Waals surface area (Å²) in [6.45, 7) is 10.6. The first-order valence-electron chi connectivity index (χ1n) is 7.03. The van der Waals surface area contributed by atoms with Gasteiger partial charge in [0.25, 0.3) is 0 Å². The van der Waals surface area contributed by atoms with Crippen LogP contribution in [0.2, 0.25) is 0 Å². The van der Waals surface area contributed by atoms with E-state index < -0.39 is 0 Å². The van der Waals surface area contributed by atoms with E-state index in [0.717, 1.165) is 25.9 Å². The Balaban J connectivity index is 2.26. The summed E-state index contributed by atoms with van der Waals surface area (Å²) in [5.74, 6) is 1.01. The van der Waals surface area contributed by atoms with E-state index in [-0.39, 0.29) is 0 Å². The molecule has 1 aliphatic heterocycles. The highest BCUT2D eigenvalue weighted by atomic mass is 16.2. The van der Waals surface area contributed by atoms with Gasteiger partial charge in [0, 0.05) is 25.0 Å². The van der Waals surface area contributed by atoms with Crippen LogP contribution in [0.25, 0.3) is 0 Å². The molecular formula is C14H28N2O. The van der Waals surface area contributed by atoms with Gasteiger partial charge in [-0.1, -0.05) is 20.8 Å². The maximum absolute atomic E-state index is 12.1. The Bertz CT molecular complexity index is 240. The first-order chi connectivity index (χ1) is 8.00. The van der Waals surface area contributed by atoms with E-state index in [9.17, 15) is 4.79 Å². The molecule has 0 aromatic heterocycles. The van der Waals surface area contributed by atoms with Gasteiger partial charge < -0.3 is 10.2 Å². The van der Waals surface area contributed by atoms with E-state index in [0.29, 0.717) is 30.3 Å². The lowest BCUT2D eigenvalue weighted by Gasteiger charge is -2.37. The molecule has 0 saturated carbocycles. The van der Waals surface area contributed by atoms with Crippen molar-refractivity contribution in [2.75, 3.05) is 13.1 Å². The van der Waals surface area contributed by atoms with Crippen LogP contribution < -0.4 is 5.32 Å². The van der Waals surface area contributed by atoms with Crippen molar-refractivity contribution in [3.8, 4) is 0 Å². The highest BCUT2D eigenvalue weighted by Crippen LogP contribution is 2.22. The van der Waals surface area contributed by atoms with Gasteiger partial charge in [0.15, 0.2) is 0 Å². The van der Waals surface area contributed by atoms with E-state index in [4.69, 9.17) is 0 Å². The summed E-state index contributed by atoms with van der Waals surface area (Å²) in [7, 11) is 0. The molecule has 1 aliphatic rings. The van der Waals surface area contributed by atoms with Gasteiger partial charge in [-0.2, -0.15) is 0 Å². The molecule has 3 nitrogen and oxygen atoms in total. The SMILES string of the molecule is CC1CCC(C)N(C(=O)CCCNC(C)C)C1. The zero-order valence-electron chi connectivity index (χ0n) is 11.8. The smallest absolute Gasteiger partial charge is 0.222 e. The van der Waals surface area contributed by atoms with Crippen LogP contribution in [-0.4, -0.2) is 36.0 Å². The number of carbonyl (C=O) groups is 1. The summed E-state index contributed by atoms with van der Waals surface area (Å²) >= 11 is 0. The second kappa shape index (κ2) is 7.00. The summed E-state index contributed by atoms with van der Waals surface area (Å²) in [4.78, 5) is 14.2. The van der Waals surface area contributed by atoms with Crippen LogP contribution in [0.4, 0.5) is 0 Å². The van der Waals surface area contributed by atoms with E-state index in [2.05, 4.69) is 37.9 Å². The fraction of sp³-hybridized carbons (Fsp3) is 0.929. The van der Waals surface area contributed by atoms with Crippen molar-refractivity contribution in [1.82, 2.24) is 10.2 Å². The van der Waals surface area contributed by atoms with Crippen LogP contribution in [0.5, 0.6) is 0 Å². The van der Waals surface area contributed by atoms with Crippen molar-refractivity contribution in [3.63, 3.8) is 0 Å². The lowest BCUT2D eigenvalue weighted by atomic mass is 9.94. The first kappa shape index (κ1) is 14.5. The van der Waals surface area contributed by atoms with Crippen molar-refractivity contribution in [2.24, 2.45) is 5.92 Å². The number of hydrogen-bond donors (Lipinski definition) is 1. The third-order valence-electron chi connectivity index (χ3n) is 3.56.